The first-order chi connectivity index (χ1) is 12.7. The number of nitrogens with one attached hydrogen (secondary N) is 1. The number of likely N-dealkylation sites (tertiary alicyclic amines) is 1. The fraction of sp³-hybridized carbons (Fsp3) is 0.476. The van der Waals surface area contributed by atoms with Gasteiger partial charge < -0.3 is 10.1 Å². The molecule has 0 unspecified atom stereocenters. The SMILES string of the molecule is CNC(=O)C[C@H]1CC2(CCN(Cc3cccs3)CC2)Oc2ccccc21. The molecule has 26 heavy (non-hydrogen) atoms. The molecule has 2 aliphatic heterocycles. The normalized spacial score (nSPS) is 21.8. The van der Waals surface area contributed by atoms with Crippen LogP contribution in [0.5, 0.6) is 5.75 Å². The number of para-hydroxylation sites is 1. The molecule has 1 fully saturated rings. The Hall–Kier alpha value is -1.85. The average Bonchev–Trinajstić information content (AvgIpc) is 3.17. The zero-order valence-electron chi connectivity index (χ0n) is 15.2. The van der Waals surface area contributed by atoms with Gasteiger partial charge >= 0.3 is 0 Å². The summed E-state index contributed by atoms with van der Waals surface area (Å²) in [5, 5.41) is 4.92. The van der Waals surface area contributed by atoms with Gasteiger partial charge in [-0.3, -0.25) is 9.69 Å². The van der Waals surface area contributed by atoms with E-state index < -0.39 is 0 Å². The number of carbonyl (C=O) groups excluding carboxylic acids is 1. The number of hydrogen-bond donors (Lipinski definition) is 1. The van der Waals surface area contributed by atoms with E-state index in [4.69, 9.17) is 4.74 Å². The number of amides is 1. The third-order valence-electron chi connectivity index (χ3n) is 5.74. The number of ether oxygens (including phenoxy) is 1. The summed E-state index contributed by atoms with van der Waals surface area (Å²) in [6.45, 7) is 3.13. The lowest BCUT2D eigenvalue weighted by Gasteiger charge is -2.47. The first kappa shape index (κ1) is 17.6. The minimum absolute atomic E-state index is 0.108. The maximum atomic E-state index is 12.0. The maximum absolute atomic E-state index is 12.0. The summed E-state index contributed by atoms with van der Waals surface area (Å²) in [6.07, 6.45) is 3.52. The molecule has 0 saturated carbocycles. The minimum atomic E-state index is -0.126. The zero-order chi connectivity index (χ0) is 18.0. The van der Waals surface area contributed by atoms with E-state index >= 15 is 0 Å². The molecule has 1 atom stereocenters. The summed E-state index contributed by atoms with van der Waals surface area (Å²) in [5.41, 5.74) is 1.06. The number of rotatable bonds is 4. The molecule has 4 nitrogen and oxygen atoms in total. The molecule has 5 heteroatoms. The summed E-state index contributed by atoms with van der Waals surface area (Å²) < 4.78 is 6.53. The summed E-state index contributed by atoms with van der Waals surface area (Å²) in [5.74, 6) is 1.32. The van der Waals surface area contributed by atoms with Crippen molar-refractivity contribution in [3.8, 4) is 5.75 Å². The van der Waals surface area contributed by atoms with Gasteiger partial charge in [-0.05, 0) is 42.3 Å². The third kappa shape index (κ3) is 3.64. The molecular formula is C21H26N2O2S. The molecule has 1 saturated heterocycles. The van der Waals surface area contributed by atoms with E-state index in [1.54, 1.807) is 7.05 Å². The highest BCUT2D eigenvalue weighted by molar-refractivity contribution is 7.09. The molecule has 2 aromatic rings. The van der Waals surface area contributed by atoms with Gasteiger partial charge in [0.15, 0.2) is 0 Å². The van der Waals surface area contributed by atoms with Gasteiger partial charge in [0.05, 0.1) is 0 Å². The van der Waals surface area contributed by atoms with E-state index in [2.05, 4.69) is 39.9 Å². The average molecular weight is 371 g/mol. The first-order valence-corrected chi connectivity index (χ1v) is 10.3. The second kappa shape index (κ2) is 7.41. The Balaban J connectivity index is 1.48. The van der Waals surface area contributed by atoms with Crippen molar-refractivity contribution in [1.82, 2.24) is 10.2 Å². The zero-order valence-corrected chi connectivity index (χ0v) is 16.1. The first-order valence-electron chi connectivity index (χ1n) is 9.41. The topological polar surface area (TPSA) is 41.6 Å². The molecule has 0 aliphatic carbocycles. The fourth-order valence-corrected chi connectivity index (χ4v) is 5.05. The Kier molecular flexibility index (Phi) is 5.00. The number of benzene rings is 1. The van der Waals surface area contributed by atoms with Gasteiger partial charge in [-0.1, -0.05) is 24.3 Å². The van der Waals surface area contributed by atoms with Crippen LogP contribution >= 0.6 is 11.3 Å². The van der Waals surface area contributed by atoms with Gasteiger partial charge in [-0.15, -0.1) is 11.3 Å². The van der Waals surface area contributed by atoms with Crippen molar-refractivity contribution in [2.45, 2.75) is 43.7 Å². The number of carbonyl (C=O) groups is 1. The van der Waals surface area contributed by atoms with Gasteiger partial charge in [0.25, 0.3) is 0 Å². The Bertz CT molecular complexity index is 751. The summed E-state index contributed by atoms with van der Waals surface area (Å²) in [6, 6.07) is 12.6. The van der Waals surface area contributed by atoms with Crippen LogP contribution in [0.4, 0.5) is 0 Å². The van der Waals surface area contributed by atoms with Crippen molar-refractivity contribution < 1.29 is 9.53 Å². The standard InChI is InChI=1S/C21H26N2O2S/c1-22-20(24)13-16-14-21(25-19-7-3-2-6-18(16)19)8-10-23(11-9-21)15-17-5-4-12-26-17/h2-7,12,16H,8-11,13-15H2,1H3,(H,22,24)/t16-/m0/s1. The van der Waals surface area contributed by atoms with E-state index in [0.717, 1.165) is 44.6 Å². The molecule has 1 amide bonds. The number of piperidine rings is 1. The van der Waals surface area contributed by atoms with Crippen LogP contribution in [0.1, 0.15) is 42.0 Å². The van der Waals surface area contributed by atoms with Crippen LogP contribution in [-0.4, -0.2) is 36.5 Å². The van der Waals surface area contributed by atoms with Crippen molar-refractivity contribution in [2.24, 2.45) is 0 Å². The molecule has 1 spiro atoms. The summed E-state index contributed by atoms with van der Waals surface area (Å²) >= 11 is 1.83. The van der Waals surface area contributed by atoms with Gasteiger partial charge in [0.1, 0.15) is 11.4 Å². The maximum Gasteiger partial charge on any atom is 0.220 e. The van der Waals surface area contributed by atoms with Crippen molar-refractivity contribution in [2.75, 3.05) is 20.1 Å². The monoisotopic (exact) mass is 370 g/mol. The van der Waals surface area contributed by atoms with Crippen molar-refractivity contribution in [3.05, 3.63) is 52.2 Å². The highest BCUT2D eigenvalue weighted by atomic mass is 32.1. The molecule has 1 aromatic heterocycles. The lowest BCUT2D eigenvalue weighted by molar-refractivity contribution is -0.121. The Morgan fingerprint density at radius 3 is 2.81 bits per heavy atom. The van der Waals surface area contributed by atoms with E-state index in [-0.39, 0.29) is 17.4 Å². The minimum Gasteiger partial charge on any atom is -0.487 e. The van der Waals surface area contributed by atoms with Crippen LogP contribution in [0.3, 0.4) is 0 Å². The highest BCUT2D eigenvalue weighted by Gasteiger charge is 2.43. The number of hydrogen-bond acceptors (Lipinski definition) is 4. The number of nitrogens with zero attached hydrogens (tertiary/aromatic N) is 1. The highest BCUT2D eigenvalue weighted by Crippen LogP contribution is 2.46. The smallest absolute Gasteiger partial charge is 0.220 e. The molecule has 0 radical (unpaired) electrons. The van der Waals surface area contributed by atoms with E-state index in [1.165, 1.54) is 10.4 Å². The molecule has 2 aliphatic rings. The van der Waals surface area contributed by atoms with Crippen LogP contribution in [0.15, 0.2) is 41.8 Å². The van der Waals surface area contributed by atoms with E-state index in [9.17, 15) is 4.79 Å². The molecule has 138 valence electrons. The van der Waals surface area contributed by atoms with Crippen LogP contribution in [0, 0.1) is 0 Å². The van der Waals surface area contributed by atoms with Crippen LogP contribution in [0.2, 0.25) is 0 Å². The lowest BCUT2D eigenvalue weighted by Crippen LogP contribution is -2.50. The molecule has 4 rings (SSSR count). The molecule has 1 aromatic carbocycles. The quantitative estimate of drug-likeness (QED) is 0.890. The van der Waals surface area contributed by atoms with Gasteiger partial charge in [-0.2, -0.15) is 0 Å². The second-order valence-corrected chi connectivity index (χ2v) is 8.49. The van der Waals surface area contributed by atoms with Crippen LogP contribution in [0.25, 0.3) is 0 Å². The largest absolute Gasteiger partial charge is 0.487 e. The molecule has 1 N–H and O–H groups in total. The second-order valence-electron chi connectivity index (χ2n) is 7.46. The van der Waals surface area contributed by atoms with E-state index in [1.807, 2.05) is 23.5 Å². The fourth-order valence-electron chi connectivity index (χ4n) is 4.30. The summed E-state index contributed by atoms with van der Waals surface area (Å²) in [4.78, 5) is 16.0. The predicted octanol–water partition coefficient (Wildman–Crippen LogP) is 3.79. The van der Waals surface area contributed by atoms with Gasteiger partial charge in [0.2, 0.25) is 5.91 Å². The predicted molar refractivity (Wildman–Crippen MR) is 105 cm³/mol. The molecule has 0 bridgehead atoms. The molecular weight excluding hydrogens is 344 g/mol. The third-order valence-corrected chi connectivity index (χ3v) is 6.60. The Labute approximate surface area is 159 Å². The lowest BCUT2D eigenvalue weighted by atomic mass is 9.76. The van der Waals surface area contributed by atoms with Crippen molar-refractivity contribution in [1.29, 1.82) is 0 Å². The van der Waals surface area contributed by atoms with Crippen LogP contribution in [-0.2, 0) is 11.3 Å². The number of fused-ring (bicyclic) bond motifs is 1. The number of thiophene rings is 1. The van der Waals surface area contributed by atoms with E-state index in [0.29, 0.717) is 6.42 Å². The Morgan fingerprint density at radius 1 is 1.27 bits per heavy atom. The van der Waals surface area contributed by atoms with Crippen molar-refractivity contribution >= 4 is 17.2 Å². The molecule has 3 heterocycles. The van der Waals surface area contributed by atoms with Crippen LogP contribution < -0.4 is 10.1 Å². The van der Waals surface area contributed by atoms with Gasteiger partial charge in [0, 0.05) is 43.9 Å². The van der Waals surface area contributed by atoms with Gasteiger partial charge in [-0.25, -0.2) is 0 Å². The Morgan fingerprint density at radius 2 is 2.08 bits per heavy atom. The summed E-state index contributed by atoms with van der Waals surface area (Å²) in [7, 11) is 1.71. The van der Waals surface area contributed by atoms with Crippen molar-refractivity contribution in [3.63, 3.8) is 0 Å².